The van der Waals surface area contributed by atoms with Crippen LogP contribution in [0, 0.1) is 5.41 Å². The van der Waals surface area contributed by atoms with Gasteiger partial charge in [0, 0.05) is 19.0 Å². The number of aromatic hydroxyl groups is 1. The van der Waals surface area contributed by atoms with Gasteiger partial charge in [-0.25, -0.2) is 4.98 Å². The van der Waals surface area contributed by atoms with Crippen molar-refractivity contribution in [3.63, 3.8) is 0 Å². The van der Waals surface area contributed by atoms with Crippen molar-refractivity contribution in [1.82, 2.24) is 14.9 Å². The van der Waals surface area contributed by atoms with Gasteiger partial charge in [-0.2, -0.15) is 0 Å². The average Bonchev–Trinajstić information content (AvgIpc) is 2.96. The lowest BCUT2D eigenvalue weighted by atomic mass is 9.61. The van der Waals surface area contributed by atoms with Crippen LogP contribution in [0.5, 0.6) is 5.88 Å². The molecule has 1 aliphatic carbocycles. The molecule has 0 bridgehead atoms. The lowest BCUT2D eigenvalue weighted by Gasteiger charge is -2.43. The van der Waals surface area contributed by atoms with Crippen LogP contribution in [0.1, 0.15) is 41.2 Å². The second-order valence-corrected chi connectivity index (χ2v) is 6.63. The van der Waals surface area contributed by atoms with E-state index >= 15 is 0 Å². The number of benzene rings is 1. The molecule has 23 heavy (non-hydrogen) atoms. The van der Waals surface area contributed by atoms with E-state index in [0.29, 0.717) is 12.5 Å². The Kier molecular flexibility index (Phi) is 3.29. The molecule has 1 saturated heterocycles. The van der Waals surface area contributed by atoms with E-state index in [1.165, 1.54) is 37.2 Å². The molecule has 1 atom stereocenters. The highest BCUT2D eigenvalue weighted by atomic mass is 16.3. The molecule has 1 N–H and O–H groups in total. The maximum atomic E-state index is 12.7. The normalized spacial score (nSPS) is 22.1. The van der Waals surface area contributed by atoms with E-state index in [0.717, 1.165) is 6.54 Å². The second kappa shape index (κ2) is 5.33. The van der Waals surface area contributed by atoms with Crippen LogP contribution < -0.4 is 0 Å². The Bertz CT molecular complexity index is 728. The molecule has 1 aromatic heterocycles. The number of amides is 1. The molecule has 1 aromatic carbocycles. The second-order valence-electron chi connectivity index (χ2n) is 6.63. The number of aromatic nitrogens is 2. The Labute approximate surface area is 135 Å². The van der Waals surface area contributed by atoms with Gasteiger partial charge in [0.25, 0.3) is 5.91 Å². The summed E-state index contributed by atoms with van der Waals surface area (Å²) < 4.78 is 0. The van der Waals surface area contributed by atoms with Gasteiger partial charge < -0.3 is 10.0 Å². The predicted octanol–water partition coefficient (Wildman–Crippen LogP) is 2.59. The highest BCUT2D eigenvalue weighted by Gasteiger charge is 2.52. The van der Waals surface area contributed by atoms with E-state index in [9.17, 15) is 9.90 Å². The number of hydrogen-bond acceptors (Lipinski definition) is 4. The van der Waals surface area contributed by atoms with Gasteiger partial charge >= 0.3 is 0 Å². The smallest absolute Gasteiger partial charge is 0.274 e. The molecular formula is C18H19N3O2. The van der Waals surface area contributed by atoms with Gasteiger partial charge in [-0.3, -0.25) is 9.78 Å². The van der Waals surface area contributed by atoms with Crippen molar-refractivity contribution in [3.05, 3.63) is 54.0 Å². The van der Waals surface area contributed by atoms with Crippen molar-refractivity contribution >= 4 is 5.91 Å². The summed E-state index contributed by atoms with van der Waals surface area (Å²) in [6.45, 7) is 1.48. The van der Waals surface area contributed by atoms with Crippen molar-refractivity contribution in [2.75, 3.05) is 13.1 Å². The van der Waals surface area contributed by atoms with E-state index in [2.05, 4.69) is 34.2 Å². The molecular weight excluding hydrogens is 290 g/mol. The topological polar surface area (TPSA) is 66.3 Å². The largest absolute Gasteiger partial charge is 0.492 e. The number of hydrogen-bond donors (Lipinski definition) is 1. The van der Waals surface area contributed by atoms with Gasteiger partial charge in [0.2, 0.25) is 5.88 Å². The van der Waals surface area contributed by atoms with Gasteiger partial charge in [-0.1, -0.05) is 36.8 Å². The third-order valence-corrected chi connectivity index (χ3v) is 5.33. The fourth-order valence-corrected chi connectivity index (χ4v) is 4.03. The Morgan fingerprint density at radius 1 is 1.22 bits per heavy atom. The van der Waals surface area contributed by atoms with E-state index in [-0.39, 0.29) is 22.9 Å². The van der Waals surface area contributed by atoms with E-state index in [4.69, 9.17) is 0 Å². The van der Waals surface area contributed by atoms with Crippen LogP contribution in [-0.2, 0) is 0 Å². The highest BCUT2D eigenvalue weighted by molar-refractivity contribution is 5.92. The molecule has 5 nitrogen and oxygen atoms in total. The summed E-state index contributed by atoms with van der Waals surface area (Å²) >= 11 is 0. The van der Waals surface area contributed by atoms with Gasteiger partial charge in [-0.05, 0) is 23.8 Å². The molecule has 1 spiro atoms. The third-order valence-electron chi connectivity index (χ3n) is 5.33. The van der Waals surface area contributed by atoms with Gasteiger partial charge in [0.15, 0.2) is 5.69 Å². The number of carbonyl (C=O) groups excluding carboxylic acids is 1. The molecule has 2 heterocycles. The average molecular weight is 309 g/mol. The van der Waals surface area contributed by atoms with E-state index in [1.807, 2.05) is 11.0 Å². The quantitative estimate of drug-likeness (QED) is 0.926. The molecule has 0 unspecified atom stereocenters. The highest BCUT2D eigenvalue weighted by Crippen LogP contribution is 2.55. The molecule has 2 aliphatic rings. The summed E-state index contributed by atoms with van der Waals surface area (Å²) in [4.78, 5) is 22.4. The number of nitrogens with zero attached hydrogens (tertiary/aromatic N) is 3. The standard InChI is InChI=1S/C18H19N3O2/c22-16-10-19-9-15(20-16)17(23)21-11-14(13-5-2-1-3-6-13)18(12-21)7-4-8-18/h1-3,5-6,9-10,14H,4,7-8,11-12H2,(H,20,22)/t14-/m1/s1. The van der Waals surface area contributed by atoms with Crippen LogP contribution in [-0.4, -0.2) is 39.0 Å². The van der Waals surface area contributed by atoms with Gasteiger partial charge in [-0.15, -0.1) is 0 Å². The van der Waals surface area contributed by atoms with E-state index < -0.39 is 0 Å². The first-order valence-electron chi connectivity index (χ1n) is 8.03. The molecule has 1 aliphatic heterocycles. The van der Waals surface area contributed by atoms with Crippen LogP contribution in [0.25, 0.3) is 0 Å². The van der Waals surface area contributed by atoms with Crippen molar-refractivity contribution in [1.29, 1.82) is 0 Å². The molecule has 2 fully saturated rings. The monoisotopic (exact) mass is 309 g/mol. The summed E-state index contributed by atoms with van der Waals surface area (Å²) in [5.41, 5.74) is 1.74. The molecule has 1 amide bonds. The van der Waals surface area contributed by atoms with Crippen LogP contribution in [0.4, 0.5) is 0 Å². The first-order chi connectivity index (χ1) is 11.2. The van der Waals surface area contributed by atoms with Crippen molar-refractivity contribution in [2.24, 2.45) is 5.41 Å². The number of carbonyl (C=O) groups is 1. The summed E-state index contributed by atoms with van der Waals surface area (Å²) in [6, 6.07) is 10.5. The molecule has 0 radical (unpaired) electrons. The summed E-state index contributed by atoms with van der Waals surface area (Å²) in [6.07, 6.45) is 6.23. The number of rotatable bonds is 2. The summed E-state index contributed by atoms with van der Waals surface area (Å²) in [5, 5.41) is 9.45. The minimum absolute atomic E-state index is 0.141. The lowest BCUT2D eigenvalue weighted by Crippen LogP contribution is -2.37. The Morgan fingerprint density at radius 3 is 2.65 bits per heavy atom. The number of likely N-dealkylation sites (tertiary alicyclic amines) is 1. The van der Waals surface area contributed by atoms with Crippen LogP contribution in [0.3, 0.4) is 0 Å². The zero-order valence-corrected chi connectivity index (χ0v) is 12.9. The fourth-order valence-electron chi connectivity index (χ4n) is 4.03. The summed E-state index contributed by atoms with van der Waals surface area (Å²) in [5.74, 6) is 0.0257. The van der Waals surface area contributed by atoms with Gasteiger partial charge in [0.1, 0.15) is 0 Å². The molecule has 5 heteroatoms. The Hall–Kier alpha value is -2.43. The Balaban J connectivity index is 1.61. The predicted molar refractivity (Wildman–Crippen MR) is 85.1 cm³/mol. The van der Waals surface area contributed by atoms with Crippen molar-refractivity contribution < 1.29 is 9.90 Å². The van der Waals surface area contributed by atoms with Crippen LogP contribution in [0.2, 0.25) is 0 Å². The fraction of sp³-hybridized carbons (Fsp3) is 0.389. The zero-order chi connectivity index (χ0) is 15.9. The van der Waals surface area contributed by atoms with E-state index in [1.54, 1.807) is 0 Å². The molecule has 118 valence electrons. The molecule has 2 aromatic rings. The maximum Gasteiger partial charge on any atom is 0.274 e. The molecule has 4 rings (SSSR count). The van der Waals surface area contributed by atoms with Crippen LogP contribution >= 0.6 is 0 Å². The molecule has 1 saturated carbocycles. The Morgan fingerprint density at radius 2 is 2.00 bits per heavy atom. The zero-order valence-electron chi connectivity index (χ0n) is 12.9. The first-order valence-corrected chi connectivity index (χ1v) is 8.03. The van der Waals surface area contributed by atoms with Crippen molar-refractivity contribution in [3.8, 4) is 5.88 Å². The lowest BCUT2D eigenvalue weighted by molar-refractivity contribution is 0.0718. The minimum Gasteiger partial charge on any atom is -0.492 e. The SMILES string of the molecule is O=C(c1cncc(O)n1)N1C[C@H](c2ccccc2)C2(CCC2)C1. The minimum atomic E-state index is -0.215. The maximum absolute atomic E-state index is 12.7. The third kappa shape index (κ3) is 2.36. The first kappa shape index (κ1) is 14.2. The van der Waals surface area contributed by atoms with Crippen molar-refractivity contribution in [2.45, 2.75) is 25.2 Å². The van der Waals surface area contributed by atoms with Gasteiger partial charge in [0.05, 0.1) is 12.4 Å². The van der Waals surface area contributed by atoms with Crippen LogP contribution in [0.15, 0.2) is 42.7 Å². The summed E-state index contributed by atoms with van der Waals surface area (Å²) in [7, 11) is 0.